The zero-order chi connectivity index (χ0) is 13.1. The SMILES string of the molecule is COc1cccc(Cl)c1C(O)Cc1ncnn1C. The van der Waals surface area contributed by atoms with Crippen LogP contribution in [0.3, 0.4) is 0 Å². The van der Waals surface area contributed by atoms with E-state index in [-0.39, 0.29) is 0 Å². The molecule has 1 atom stereocenters. The van der Waals surface area contributed by atoms with Crippen LogP contribution >= 0.6 is 11.6 Å². The maximum atomic E-state index is 10.3. The number of aromatic nitrogens is 3. The summed E-state index contributed by atoms with van der Waals surface area (Å²) in [7, 11) is 3.32. The van der Waals surface area contributed by atoms with E-state index < -0.39 is 6.10 Å². The van der Waals surface area contributed by atoms with E-state index in [1.54, 1.807) is 37.0 Å². The summed E-state index contributed by atoms with van der Waals surface area (Å²) in [6.45, 7) is 0. The first-order chi connectivity index (χ1) is 8.63. The topological polar surface area (TPSA) is 60.2 Å². The van der Waals surface area contributed by atoms with E-state index in [0.717, 1.165) is 0 Å². The average Bonchev–Trinajstić information content (AvgIpc) is 2.74. The van der Waals surface area contributed by atoms with E-state index >= 15 is 0 Å². The second-order valence-corrected chi connectivity index (χ2v) is 4.28. The molecule has 0 aliphatic rings. The zero-order valence-electron chi connectivity index (χ0n) is 10.2. The normalized spacial score (nSPS) is 12.4. The fourth-order valence-electron chi connectivity index (χ4n) is 1.80. The number of halogens is 1. The largest absolute Gasteiger partial charge is 0.496 e. The van der Waals surface area contributed by atoms with Gasteiger partial charge in [-0.1, -0.05) is 17.7 Å². The maximum absolute atomic E-state index is 10.3. The Morgan fingerprint density at radius 2 is 2.28 bits per heavy atom. The van der Waals surface area contributed by atoms with E-state index in [2.05, 4.69) is 10.1 Å². The van der Waals surface area contributed by atoms with Crippen molar-refractivity contribution in [3.8, 4) is 5.75 Å². The zero-order valence-corrected chi connectivity index (χ0v) is 10.9. The molecule has 1 aromatic carbocycles. The van der Waals surface area contributed by atoms with Gasteiger partial charge in [-0.25, -0.2) is 4.98 Å². The van der Waals surface area contributed by atoms with Gasteiger partial charge in [0.1, 0.15) is 17.9 Å². The van der Waals surface area contributed by atoms with Gasteiger partial charge < -0.3 is 9.84 Å². The Hall–Kier alpha value is -1.59. The van der Waals surface area contributed by atoms with Crippen LogP contribution in [0.15, 0.2) is 24.5 Å². The number of rotatable bonds is 4. The van der Waals surface area contributed by atoms with Crippen molar-refractivity contribution in [3.63, 3.8) is 0 Å². The number of aryl methyl sites for hydroxylation is 1. The highest BCUT2D eigenvalue weighted by Gasteiger charge is 2.19. The van der Waals surface area contributed by atoms with E-state index in [1.807, 2.05) is 0 Å². The van der Waals surface area contributed by atoms with Crippen LogP contribution in [0.4, 0.5) is 0 Å². The smallest absolute Gasteiger partial charge is 0.138 e. The van der Waals surface area contributed by atoms with Crippen LogP contribution in [0.1, 0.15) is 17.5 Å². The molecule has 0 aliphatic carbocycles. The average molecular weight is 268 g/mol. The van der Waals surface area contributed by atoms with Gasteiger partial charge in [-0.15, -0.1) is 0 Å². The molecular weight excluding hydrogens is 254 g/mol. The molecule has 96 valence electrons. The summed E-state index contributed by atoms with van der Waals surface area (Å²) in [5.41, 5.74) is 0.574. The van der Waals surface area contributed by atoms with E-state index in [1.165, 1.54) is 6.33 Å². The summed E-state index contributed by atoms with van der Waals surface area (Å²) in [5.74, 6) is 1.25. The number of aliphatic hydroxyl groups is 1. The van der Waals surface area contributed by atoms with Gasteiger partial charge in [0.15, 0.2) is 0 Å². The van der Waals surface area contributed by atoms with Crippen LogP contribution in [0, 0.1) is 0 Å². The Bertz CT molecular complexity index is 542. The summed E-state index contributed by atoms with van der Waals surface area (Å²) in [5, 5.41) is 14.7. The van der Waals surface area contributed by atoms with Crippen molar-refractivity contribution in [2.75, 3.05) is 7.11 Å². The minimum absolute atomic E-state index is 0.330. The second-order valence-electron chi connectivity index (χ2n) is 3.88. The molecule has 2 rings (SSSR count). The van der Waals surface area contributed by atoms with Gasteiger partial charge in [-0.3, -0.25) is 4.68 Å². The molecule has 0 fully saturated rings. The van der Waals surface area contributed by atoms with Gasteiger partial charge in [-0.05, 0) is 12.1 Å². The first kappa shape index (κ1) is 12.9. The highest BCUT2D eigenvalue weighted by Crippen LogP contribution is 2.33. The van der Waals surface area contributed by atoms with Crippen molar-refractivity contribution < 1.29 is 9.84 Å². The fourth-order valence-corrected chi connectivity index (χ4v) is 2.09. The number of methoxy groups -OCH3 is 1. The third-order valence-electron chi connectivity index (χ3n) is 2.75. The second kappa shape index (κ2) is 5.37. The van der Waals surface area contributed by atoms with Crippen molar-refractivity contribution >= 4 is 11.6 Å². The lowest BCUT2D eigenvalue weighted by Gasteiger charge is -2.15. The molecule has 0 spiro atoms. The van der Waals surface area contributed by atoms with Crippen LogP contribution in [-0.4, -0.2) is 27.0 Å². The highest BCUT2D eigenvalue weighted by atomic mass is 35.5. The number of benzene rings is 1. The summed E-state index contributed by atoms with van der Waals surface area (Å²) < 4.78 is 6.83. The first-order valence-electron chi connectivity index (χ1n) is 5.46. The Balaban J connectivity index is 2.29. The van der Waals surface area contributed by atoms with Crippen molar-refractivity contribution in [1.82, 2.24) is 14.8 Å². The molecule has 1 aromatic heterocycles. The molecular formula is C12H14ClN3O2. The molecule has 0 saturated carbocycles. The van der Waals surface area contributed by atoms with Crippen LogP contribution in [-0.2, 0) is 13.5 Å². The lowest BCUT2D eigenvalue weighted by atomic mass is 10.0. The maximum Gasteiger partial charge on any atom is 0.138 e. The fraction of sp³-hybridized carbons (Fsp3) is 0.333. The number of hydrogen-bond donors (Lipinski definition) is 1. The number of nitrogens with zero attached hydrogens (tertiary/aromatic N) is 3. The highest BCUT2D eigenvalue weighted by molar-refractivity contribution is 6.31. The van der Waals surface area contributed by atoms with E-state index in [0.29, 0.717) is 28.6 Å². The van der Waals surface area contributed by atoms with Crippen molar-refractivity contribution in [3.05, 3.63) is 40.9 Å². The lowest BCUT2D eigenvalue weighted by molar-refractivity contribution is 0.170. The molecule has 0 saturated heterocycles. The van der Waals surface area contributed by atoms with Crippen molar-refractivity contribution in [2.45, 2.75) is 12.5 Å². The Morgan fingerprint density at radius 1 is 1.50 bits per heavy atom. The molecule has 0 aliphatic heterocycles. The summed E-state index contributed by atoms with van der Waals surface area (Å²) >= 11 is 6.10. The third-order valence-corrected chi connectivity index (χ3v) is 3.08. The quantitative estimate of drug-likeness (QED) is 0.917. The van der Waals surface area contributed by atoms with Crippen LogP contribution < -0.4 is 4.74 Å². The summed E-state index contributed by atoms with van der Waals surface area (Å²) in [4.78, 5) is 4.07. The van der Waals surface area contributed by atoms with Crippen LogP contribution in [0.5, 0.6) is 5.75 Å². The van der Waals surface area contributed by atoms with Gasteiger partial charge in [0.2, 0.25) is 0 Å². The Morgan fingerprint density at radius 3 is 2.89 bits per heavy atom. The molecule has 5 nitrogen and oxygen atoms in total. The van der Waals surface area contributed by atoms with Crippen LogP contribution in [0.2, 0.25) is 5.02 Å². The van der Waals surface area contributed by atoms with Gasteiger partial charge >= 0.3 is 0 Å². The standard InChI is InChI=1S/C12H14ClN3O2/c1-16-11(14-7-15-16)6-9(17)12-8(13)4-3-5-10(12)18-2/h3-5,7,9,17H,6H2,1-2H3. The van der Waals surface area contributed by atoms with Crippen molar-refractivity contribution in [2.24, 2.45) is 7.05 Å². The summed E-state index contributed by atoms with van der Waals surface area (Å²) in [6.07, 6.45) is 0.999. The molecule has 0 bridgehead atoms. The number of aliphatic hydroxyl groups excluding tert-OH is 1. The predicted molar refractivity (Wildman–Crippen MR) is 67.7 cm³/mol. The molecule has 0 amide bonds. The Labute approximate surface area is 110 Å². The monoisotopic (exact) mass is 267 g/mol. The number of hydrogen-bond acceptors (Lipinski definition) is 4. The van der Waals surface area contributed by atoms with Gasteiger partial charge in [0.25, 0.3) is 0 Å². The third kappa shape index (κ3) is 2.47. The van der Waals surface area contributed by atoms with Crippen LogP contribution in [0.25, 0.3) is 0 Å². The van der Waals surface area contributed by atoms with Gasteiger partial charge in [0.05, 0.1) is 18.2 Å². The minimum atomic E-state index is -0.781. The first-order valence-corrected chi connectivity index (χ1v) is 5.84. The molecule has 2 aromatic rings. The Kier molecular flexibility index (Phi) is 3.84. The molecule has 0 radical (unpaired) electrons. The predicted octanol–water partition coefficient (Wildman–Crippen LogP) is 1.75. The minimum Gasteiger partial charge on any atom is -0.496 e. The molecule has 18 heavy (non-hydrogen) atoms. The van der Waals surface area contributed by atoms with E-state index in [4.69, 9.17) is 16.3 Å². The summed E-state index contributed by atoms with van der Waals surface area (Å²) in [6, 6.07) is 5.26. The number of ether oxygens (including phenoxy) is 1. The molecule has 1 N–H and O–H groups in total. The van der Waals surface area contributed by atoms with E-state index in [9.17, 15) is 5.11 Å². The van der Waals surface area contributed by atoms with Crippen molar-refractivity contribution in [1.29, 1.82) is 0 Å². The molecule has 1 heterocycles. The van der Waals surface area contributed by atoms with Gasteiger partial charge in [0, 0.05) is 19.0 Å². The van der Waals surface area contributed by atoms with Gasteiger partial charge in [-0.2, -0.15) is 5.10 Å². The molecule has 6 heteroatoms. The lowest BCUT2D eigenvalue weighted by Crippen LogP contribution is -2.09. The molecule has 1 unspecified atom stereocenters.